The first-order valence-electron chi connectivity index (χ1n) is 0. The van der Waals surface area contributed by atoms with Crippen LogP contribution in [0.4, 0.5) is 0 Å². The molecule has 0 aromatic heterocycles. The van der Waals surface area contributed by atoms with Crippen molar-refractivity contribution < 1.29 is 17.1 Å². The van der Waals surface area contributed by atoms with Crippen LogP contribution in [0.1, 0.15) is 0 Å². The number of hydrogen-bond acceptors (Lipinski definition) is 0. The van der Waals surface area contributed by atoms with Crippen molar-refractivity contribution in [2.75, 3.05) is 0 Å². The van der Waals surface area contributed by atoms with Gasteiger partial charge in [0.1, 0.15) is 0 Å². The maximum atomic E-state index is 0. The molecule has 0 fully saturated rings. The Morgan fingerprint density at radius 1 is 0.750 bits per heavy atom. The van der Waals surface area contributed by atoms with E-state index in [1.165, 1.54) is 0 Å². The molecule has 0 rings (SSSR count). The van der Waals surface area contributed by atoms with Crippen molar-refractivity contribution in [1.82, 2.24) is 0 Å². The van der Waals surface area contributed by atoms with Crippen LogP contribution in [0.2, 0.25) is 0 Å². The summed E-state index contributed by atoms with van der Waals surface area (Å²) in [5.41, 5.74) is 0. The monoisotopic (exact) mass is 341 g/mol. The van der Waals surface area contributed by atoms with Gasteiger partial charge in [0.05, 0.1) is 0 Å². The Balaban J connectivity index is 0. The molecule has 0 aromatic carbocycles. The Morgan fingerprint density at radius 2 is 0.750 bits per heavy atom. The molecule has 0 heterocycles. The number of hydrogen-bond donors (Lipinski definition) is 0. The molecule has 0 atom stereocenters. The fourth-order valence-corrected chi connectivity index (χ4v) is 0. The normalized spacial score (nSPS) is 0. The molecule has 31 valence electrons. The summed E-state index contributed by atoms with van der Waals surface area (Å²) in [6, 6.07) is 0. The second-order valence-corrected chi connectivity index (χ2v) is 0. The molecule has 4 heavy (non-hydrogen) atoms. The minimum absolute atomic E-state index is 0. The van der Waals surface area contributed by atoms with Crippen LogP contribution in [0, 0.1) is 0 Å². The standard InChI is InChI=1S/Cu.H2S.2Sn.4H/h;1H2;;;;;;. The first-order chi connectivity index (χ1) is 0. The summed E-state index contributed by atoms with van der Waals surface area (Å²) >= 11 is 0. The van der Waals surface area contributed by atoms with Gasteiger partial charge in [0.25, 0.3) is 0 Å². The average Bonchev–Trinajstić information content (AvgIpc) is 0. The van der Waals surface area contributed by atoms with Crippen LogP contribution in [0.15, 0.2) is 0 Å². The predicted molar refractivity (Wildman–Crippen MR) is 27.5 cm³/mol. The molecular formula is H6CuSSn2. The van der Waals surface area contributed by atoms with E-state index in [0.29, 0.717) is 0 Å². The van der Waals surface area contributed by atoms with Crippen LogP contribution in [0.5, 0.6) is 0 Å². The van der Waals surface area contributed by atoms with Crippen molar-refractivity contribution in [1.29, 1.82) is 0 Å². The van der Waals surface area contributed by atoms with Crippen LogP contribution < -0.4 is 0 Å². The van der Waals surface area contributed by atoms with Gasteiger partial charge in [0, 0.05) is 17.1 Å². The van der Waals surface area contributed by atoms with E-state index in [0.717, 1.165) is 0 Å². The molecule has 0 saturated heterocycles. The molecule has 0 aromatic rings. The summed E-state index contributed by atoms with van der Waals surface area (Å²) in [4.78, 5) is 0. The second-order valence-electron chi connectivity index (χ2n) is 0. The van der Waals surface area contributed by atoms with Crippen molar-refractivity contribution in [3.05, 3.63) is 0 Å². The van der Waals surface area contributed by atoms with Gasteiger partial charge in [0.2, 0.25) is 0 Å². The summed E-state index contributed by atoms with van der Waals surface area (Å²) in [7, 11) is 0. The van der Waals surface area contributed by atoms with E-state index in [9.17, 15) is 0 Å². The summed E-state index contributed by atoms with van der Waals surface area (Å²) < 4.78 is 0. The van der Waals surface area contributed by atoms with E-state index in [2.05, 4.69) is 0 Å². The van der Waals surface area contributed by atoms with Gasteiger partial charge < -0.3 is 0 Å². The summed E-state index contributed by atoms with van der Waals surface area (Å²) in [6.45, 7) is 0. The Kier molecular flexibility index (Phi) is 142. The van der Waals surface area contributed by atoms with E-state index >= 15 is 0 Å². The van der Waals surface area contributed by atoms with Gasteiger partial charge in [-0.3, -0.25) is 0 Å². The first kappa shape index (κ1) is 31.8. The average molecular weight is 339 g/mol. The zero-order valence-electron chi connectivity index (χ0n) is 2.22. The van der Waals surface area contributed by atoms with Crippen LogP contribution in [0.3, 0.4) is 0 Å². The molecule has 0 bridgehead atoms. The van der Waals surface area contributed by atoms with Crippen molar-refractivity contribution >= 4 is 61.3 Å². The molecule has 5 radical (unpaired) electrons. The minimum atomic E-state index is 0. The van der Waals surface area contributed by atoms with E-state index in [1.807, 2.05) is 0 Å². The molecule has 0 saturated carbocycles. The van der Waals surface area contributed by atoms with Gasteiger partial charge in [0.15, 0.2) is 0 Å². The third kappa shape index (κ3) is 8.82. The quantitative estimate of drug-likeness (QED) is 0.461. The van der Waals surface area contributed by atoms with Gasteiger partial charge in [-0.05, 0) is 0 Å². The maximum absolute atomic E-state index is 0. The van der Waals surface area contributed by atoms with Crippen molar-refractivity contribution in [3.63, 3.8) is 0 Å². The first-order valence-corrected chi connectivity index (χ1v) is 0. The van der Waals surface area contributed by atoms with E-state index in [-0.39, 0.29) is 78.4 Å². The molecule has 0 spiro atoms. The van der Waals surface area contributed by atoms with Gasteiger partial charge in [-0.1, -0.05) is 0 Å². The molecule has 0 aliphatic carbocycles. The van der Waals surface area contributed by atoms with Crippen LogP contribution in [-0.2, 0) is 17.1 Å². The zero-order chi connectivity index (χ0) is 0. The molecular weight excluding hydrogens is 333 g/mol. The second kappa shape index (κ2) is 17.9. The van der Waals surface area contributed by atoms with Gasteiger partial charge >= 0.3 is 47.8 Å². The van der Waals surface area contributed by atoms with Crippen molar-refractivity contribution in [2.24, 2.45) is 0 Å². The van der Waals surface area contributed by atoms with Gasteiger partial charge in [-0.15, -0.1) is 0 Å². The number of rotatable bonds is 0. The zero-order valence-corrected chi connectivity index (χ0v) is 12.2. The molecule has 4 heteroatoms. The Bertz CT molecular complexity index is 6.00. The van der Waals surface area contributed by atoms with Crippen LogP contribution >= 0.6 is 13.5 Å². The topological polar surface area (TPSA) is 0 Å². The Hall–Kier alpha value is 2.47. The van der Waals surface area contributed by atoms with Gasteiger partial charge in [-0.25, -0.2) is 0 Å². The molecule has 0 aliphatic rings. The predicted octanol–water partition coefficient (Wildman–Crippen LogP) is -1.72. The summed E-state index contributed by atoms with van der Waals surface area (Å²) in [5.74, 6) is 0. The SMILES string of the molecule is S.[Cu].[SnH2].[SnH2]. The Morgan fingerprint density at radius 3 is 0.750 bits per heavy atom. The van der Waals surface area contributed by atoms with Gasteiger partial charge in [-0.2, -0.15) is 13.5 Å². The molecule has 0 unspecified atom stereocenters. The fourth-order valence-electron chi connectivity index (χ4n) is 0. The van der Waals surface area contributed by atoms with Crippen molar-refractivity contribution in [2.45, 2.75) is 0 Å². The third-order valence-corrected chi connectivity index (χ3v) is 0. The van der Waals surface area contributed by atoms with E-state index in [1.54, 1.807) is 0 Å². The van der Waals surface area contributed by atoms with E-state index in [4.69, 9.17) is 0 Å². The van der Waals surface area contributed by atoms with Crippen LogP contribution in [0.25, 0.3) is 0 Å². The summed E-state index contributed by atoms with van der Waals surface area (Å²) in [6.07, 6.45) is 0. The third-order valence-electron chi connectivity index (χ3n) is 0. The van der Waals surface area contributed by atoms with Crippen molar-refractivity contribution in [3.8, 4) is 0 Å². The molecule has 0 amide bonds. The summed E-state index contributed by atoms with van der Waals surface area (Å²) in [5, 5.41) is 0. The van der Waals surface area contributed by atoms with Crippen LogP contribution in [-0.4, -0.2) is 47.8 Å². The molecule has 0 aliphatic heterocycles. The molecule has 0 nitrogen and oxygen atoms in total. The van der Waals surface area contributed by atoms with E-state index < -0.39 is 0 Å². The fraction of sp³-hybridized carbons (Fsp3) is 0. The molecule has 0 N–H and O–H groups in total. The Labute approximate surface area is 77.3 Å².